The maximum Gasteiger partial charge on any atom is 0.244 e. The summed E-state index contributed by atoms with van der Waals surface area (Å²) < 4.78 is 36.4. The lowest BCUT2D eigenvalue weighted by Gasteiger charge is -2.21. The van der Waals surface area contributed by atoms with Gasteiger partial charge in [-0.3, -0.25) is 0 Å². The first-order chi connectivity index (χ1) is 9.07. The minimum Gasteiger partial charge on any atom is -0.383 e. The Hall–Kier alpha value is -0.180. The monoisotopic (exact) mass is 327 g/mol. The fourth-order valence-electron chi connectivity index (χ4n) is 1.53. The Balaban J connectivity index is 2.97. The van der Waals surface area contributed by atoms with Crippen LogP contribution in [0.15, 0.2) is 16.3 Å². The Morgan fingerprint density at radius 1 is 1.26 bits per heavy atom. The van der Waals surface area contributed by atoms with Gasteiger partial charge in [-0.2, -0.15) is 4.31 Å². The molecule has 110 valence electrons. The van der Waals surface area contributed by atoms with E-state index in [2.05, 4.69) is 0 Å². The number of methoxy groups -OCH3 is 2. The Bertz CT molecular complexity index is 467. The van der Waals surface area contributed by atoms with Gasteiger partial charge in [0.15, 0.2) is 0 Å². The third-order valence-corrected chi connectivity index (χ3v) is 5.99. The van der Waals surface area contributed by atoms with Gasteiger partial charge in [-0.25, -0.2) is 8.42 Å². The minimum absolute atomic E-state index is 0.189. The zero-order valence-electron chi connectivity index (χ0n) is 11.0. The average Bonchev–Trinajstić information content (AvgIpc) is 2.87. The van der Waals surface area contributed by atoms with Gasteiger partial charge < -0.3 is 9.47 Å². The number of hydrogen-bond acceptors (Lipinski definition) is 5. The number of ether oxygens (including phenoxy) is 2. The zero-order chi connectivity index (χ0) is 14.3. The summed E-state index contributed by atoms with van der Waals surface area (Å²) in [6.07, 6.45) is 0. The fourth-order valence-corrected chi connectivity index (χ4v) is 4.62. The summed E-state index contributed by atoms with van der Waals surface area (Å²) in [5, 5.41) is 1.73. The highest BCUT2D eigenvalue weighted by molar-refractivity contribution is 7.89. The molecule has 0 amide bonds. The standard InChI is InChI=1S/C11H18ClNO4S2/c1-16-6-4-13(5-7-17-2)19(14,15)11-3-8-18-10(11)9-12/h3,8H,4-7,9H2,1-2H3. The highest BCUT2D eigenvalue weighted by Gasteiger charge is 2.27. The van der Waals surface area contributed by atoms with E-state index in [1.807, 2.05) is 0 Å². The second-order valence-electron chi connectivity index (χ2n) is 3.73. The topological polar surface area (TPSA) is 55.8 Å². The van der Waals surface area contributed by atoms with Gasteiger partial charge in [0.25, 0.3) is 0 Å². The van der Waals surface area contributed by atoms with Crippen molar-refractivity contribution < 1.29 is 17.9 Å². The van der Waals surface area contributed by atoms with Crippen molar-refractivity contribution in [1.29, 1.82) is 0 Å². The Labute approximate surface area is 123 Å². The molecule has 1 heterocycles. The summed E-state index contributed by atoms with van der Waals surface area (Å²) in [6.45, 7) is 1.26. The summed E-state index contributed by atoms with van der Waals surface area (Å²) >= 11 is 7.11. The number of halogens is 1. The van der Waals surface area contributed by atoms with E-state index in [1.54, 1.807) is 11.4 Å². The van der Waals surface area contributed by atoms with Gasteiger partial charge in [0.1, 0.15) is 0 Å². The third-order valence-electron chi connectivity index (χ3n) is 2.53. The quantitative estimate of drug-likeness (QED) is 0.649. The molecule has 0 aliphatic carbocycles. The first-order valence-corrected chi connectivity index (χ1v) is 8.53. The van der Waals surface area contributed by atoms with Crippen LogP contribution in [0.1, 0.15) is 4.88 Å². The molecule has 5 nitrogen and oxygen atoms in total. The average molecular weight is 328 g/mol. The molecule has 1 rings (SSSR count). The van der Waals surface area contributed by atoms with E-state index in [-0.39, 0.29) is 10.8 Å². The summed E-state index contributed by atoms with van der Waals surface area (Å²) in [5.41, 5.74) is 0. The molecule has 1 aromatic rings. The SMILES string of the molecule is COCCN(CCOC)S(=O)(=O)c1ccsc1CCl. The number of rotatable bonds is 9. The van der Waals surface area contributed by atoms with Crippen LogP contribution in [0.4, 0.5) is 0 Å². The molecule has 0 atom stereocenters. The van der Waals surface area contributed by atoms with Crippen LogP contribution in [0, 0.1) is 0 Å². The van der Waals surface area contributed by atoms with Crippen molar-refractivity contribution >= 4 is 33.0 Å². The molecule has 0 radical (unpaired) electrons. The summed E-state index contributed by atoms with van der Waals surface area (Å²) in [6, 6.07) is 1.59. The van der Waals surface area contributed by atoms with Crippen LogP contribution in [0.2, 0.25) is 0 Å². The summed E-state index contributed by atoms with van der Waals surface area (Å²) in [4.78, 5) is 0.932. The Kier molecular flexibility index (Phi) is 7.27. The van der Waals surface area contributed by atoms with Crippen molar-refractivity contribution in [3.8, 4) is 0 Å². The maximum atomic E-state index is 12.5. The normalized spacial score (nSPS) is 12.2. The van der Waals surface area contributed by atoms with Crippen molar-refractivity contribution in [2.24, 2.45) is 0 Å². The van der Waals surface area contributed by atoms with Crippen LogP contribution in [0.25, 0.3) is 0 Å². The molecular formula is C11H18ClNO4S2. The van der Waals surface area contributed by atoms with Crippen LogP contribution in [0.5, 0.6) is 0 Å². The van der Waals surface area contributed by atoms with Gasteiger partial charge in [0.2, 0.25) is 10.0 Å². The molecule has 0 N–H and O–H groups in total. The van der Waals surface area contributed by atoms with Crippen molar-refractivity contribution in [2.75, 3.05) is 40.5 Å². The molecule has 0 unspecified atom stereocenters. The van der Waals surface area contributed by atoms with E-state index in [9.17, 15) is 8.42 Å². The van der Waals surface area contributed by atoms with Crippen molar-refractivity contribution in [3.63, 3.8) is 0 Å². The lowest BCUT2D eigenvalue weighted by molar-refractivity contribution is 0.150. The highest BCUT2D eigenvalue weighted by atomic mass is 35.5. The lowest BCUT2D eigenvalue weighted by atomic mass is 10.5. The van der Waals surface area contributed by atoms with E-state index < -0.39 is 10.0 Å². The van der Waals surface area contributed by atoms with Crippen LogP contribution in [-0.4, -0.2) is 53.2 Å². The van der Waals surface area contributed by atoms with Crippen LogP contribution >= 0.6 is 22.9 Å². The van der Waals surface area contributed by atoms with Crippen LogP contribution in [0.3, 0.4) is 0 Å². The highest BCUT2D eigenvalue weighted by Crippen LogP contribution is 2.26. The number of nitrogens with zero attached hydrogens (tertiary/aromatic N) is 1. The number of hydrogen-bond donors (Lipinski definition) is 0. The van der Waals surface area contributed by atoms with Gasteiger partial charge in [0, 0.05) is 32.2 Å². The first kappa shape index (κ1) is 16.9. The Morgan fingerprint density at radius 2 is 1.84 bits per heavy atom. The third kappa shape index (κ3) is 4.40. The van der Waals surface area contributed by atoms with Crippen molar-refractivity contribution in [2.45, 2.75) is 10.8 Å². The molecule has 0 aliphatic heterocycles. The molecule has 0 fully saturated rings. The molecule has 0 aromatic carbocycles. The molecule has 1 aromatic heterocycles. The van der Waals surface area contributed by atoms with Gasteiger partial charge in [-0.1, -0.05) is 0 Å². The van der Waals surface area contributed by atoms with Gasteiger partial charge in [-0.05, 0) is 11.4 Å². The number of alkyl halides is 1. The maximum absolute atomic E-state index is 12.5. The molecule has 8 heteroatoms. The second kappa shape index (κ2) is 8.18. The predicted molar refractivity (Wildman–Crippen MR) is 76.4 cm³/mol. The van der Waals surface area contributed by atoms with E-state index in [1.165, 1.54) is 29.9 Å². The van der Waals surface area contributed by atoms with E-state index in [0.29, 0.717) is 31.2 Å². The smallest absolute Gasteiger partial charge is 0.244 e. The predicted octanol–water partition coefficient (Wildman–Crippen LogP) is 1.77. The first-order valence-electron chi connectivity index (χ1n) is 5.68. The minimum atomic E-state index is -3.55. The van der Waals surface area contributed by atoms with Gasteiger partial charge in [0.05, 0.1) is 24.0 Å². The number of thiophene rings is 1. The second-order valence-corrected chi connectivity index (χ2v) is 6.91. The molecule has 0 saturated carbocycles. The number of sulfonamides is 1. The Morgan fingerprint density at radius 3 is 2.32 bits per heavy atom. The lowest BCUT2D eigenvalue weighted by Crippen LogP contribution is -2.36. The molecule has 0 bridgehead atoms. The van der Waals surface area contributed by atoms with E-state index >= 15 is 0 Å². The summed E-state index contributed by atoms with van der Waals surface area (Å²) in [5.74, 6) is 0.189. The molecule has 0 saturated heterocycles. The summed E-state index contributed by atoms with van der Waals surface area (Å²) in [7, 11) is -0.470. The van der Waals surface area contributed by atoms with Gasteiger partial charge in [-0.15, -0.1) is 22.9 Å². The van der Waals surface area contributed by atoms with Crippen molar-refractivity contribution in [1.82, 2.24) is 4.31 Å². The zero-order valence-corrected chi connectivity index (χ0v) is 13.4. The van der Waals surface area contributed by atoms with Crippen LogP contribution < -0.4 is 0 Å². The molecular weight excluding hydrogens is 310 g/mol. The van der Waals surface area contributed by atoms with E-state index in [0.717, 1.165) is 0 Å². The fraction of sp³-hybridized carbons (Fsp3) is 0.636. The van der Waals surface area contributed by atoms with Crippen LogP contribution in [-0.2, 0) is 25.4 Å². The van der Waals surface area contributed by atoms with Crippen molar-refractivity contribution in [3.05, 3.63) is 16.3 Å². The molecule has 0 spiro atoms. The molecule has 0 aliphatic rings. The largest absolute Gasteiger partial charge is 0.383 e. The van der Waals surface area contributed by atoms with Gasteiger partial charge >= 0.3 is 0 Å². The van der Waals surface area contributed by atoms with E-state index in [4.69, 9.17) is 21.1 Å². The molecule has 19 heavy (non-hydrogen) atoms.